The Balaban J connectivity index is 3.31. The van der Waals surface area contributed by atoms with Gasteiger partial charge in [0.05, 0.1) is 0 Å². The predicted octanol–water partition coefficient (Wildman–Crippen LogP) is 3.83. The standard InChI is InChI=1S/C8H16Br2/c1-7(4-3-5-9)8(2)6-10/h7-8H,3-6H2,1-2H3. The molecule has 0 fully saturated rings. The van der Waals surface area contributed by atoms with Crippen molar-refractivity contribution < 1.29 is 0 Å². The summed E-state index contributed by atoms with van der Waals surface area (Å²) in [4.78, 5) is 0. The molecule has 0 aromatic heterocycles. The Bertz CT molecular complexity index is 73.7. The molecule has 10 heavy (non-hydrogen) atoms. The van der Waals surface area contributed by atoms with E-state index in [0.717, 1.165) is 22.5 Å². The molecule has 0 nitrogen and oxygen atoms in total. The van der Waals surface area contributed by atoms with Crippen LogP contribution in [0.5, 0.6) is 0 Å². The van der Waals surface area contributed by atoms with Gasteiger partial charge in [0, 0.05) is 10.7 Å². The maximum absolute atomic E-state index is 3.50. The highest BCUT2D eigenvalue weighted by atomic mass is 79.9. The van der Waals surface area contributed by atoms with Crippen LogP contribution in [-0.4, -0.2) is 10.7 Å². The maximum atomic E-state index is 3.50. The van der Waals surface area contributed by atoms with Gasteiger partial charge in [-0.25, -0.2) is 0 Å². The van der Waals surface area contributed by atoms with Crippen LogP contribution in [0.25, 0.3) is 0 Å². The summed E-state index contributed by atoms with van der Waals surface area (Å²) in [5, 5.41) is 2.28. The first-order valence-electron chi connectivity index (χ1n) is 3.84. The lowest BCUT2D eigenvalue weighted by Crippen LogP contribution is -2.08. The molecule has 0 spiro atoms. The molecule has 0 aromatic carbocycles. The molecule has 0 radical (unpaired) electrons. The second-order valence-corrected chi connectivity index (χ2v) is 4.38. The minimum Gasteiger partial charge on any atom is -0.0928 e. The van der Waals surface area contributed by atoms with Crippen LogP contribution in [0.1, 0.15) is 26.7 Å². The smallest absolute Gasteiger partial charge is 0.00595 e. The van der Waals surface area contributed by atoms with Gasteiger partial charge in [-0.3, -0.25) is 0 Å². The summed E-state index contributed by atoms with van der Waals surface area (Å²) >= 11 is 6.93. The molecule has 0 aromatic rings. The van der Waals surface area contributed by atoms with Gasteiger partial charge < -0.3 is 0 Å². The molecule has 62 valence electrons. The molecule has 0 aliphatic carbocycles. The van der Waals surface area contributed by atoms with E-state index in [1.165, 1.54) is 12.8 Å². The van der Waals surface area contributed by atoms with E-state index in [1.807, 2.05) is 0 Å². The average molecular weight is 272 g/mol. The van der Waals surface area contributed by atoms with Gasteiger partial charge in [-0.05, 0) is 24.7 Å². The molecule has 0 amide bonds. The zero-order valence-corrected chi connectivity index (χ0v) is 9.91. The quantitative estimate of drug-likeness (QED) is 0.667. The third-order valence-electron chi connectivity index (χ3n) is 2.01. The van der Waals surface area contributed by atoms with Crippen LogP contribution in [0, 0.1) is 11.8 Å². The molecule has 0 N–H and O–H groups in total. The highest BCUT2D eigenvalue weighted by Crippen LogP contribution is 2.18. The Kier molecular flexibility index (Phi) is 7.30. The summed E-state index contributed by atoms with van der Waals surface area (Å²) in [7, 11) is 0. The summed E-state index contributed by atoms with van der Waals surface area (Å²) in [5.41, 5.74) is 0. The molecule has 0 saturated heterocycles. The van der Waals surface area contributed by atoms with Gasteiger partial charge in [-0.1, -0.05) is 45.7 Å². The highest BCUT2D eigenvalue weighted by Gasteiger charge is 2.09. The molecule has 0 heterocycles. The van der Waals surface area contributed by atoms with E-state index in [1.54, 1.807) is 0 Å². The van der Waals surface area contributed by atoms with Crippen molar-refractivity contribution in [3.8, 4) is 0 Å². The number of alkyl halides is 2. The van der Waals surface area contributed by atoms with E-state index in [-0.39, 0.29) is 0 Å². The van der Waals surface area contributed by atoms with E-state index >= 15 is 0 Å². The van der Waals surface area contributed by atoms with Gasteiger partial charge >= 0.3 is 0 Å². The number of hydrogen-bond donors (Lipinski definition) is 0. The lowest BCUT2D eigenvalue weighted by Gasteiger charge is -2.16. The fraction of sp³-hybridized carbons (Fsp3) is 1.00. The van der Waals surface area contributed by atoms with Crippen molar-refractivity contribution in [2.24, 2.45) is 11.8 Å². The largest absolute Gasteiger partial charge is 0.0928 e. The minimum absolute atomic E-state index is 0.819. The zero-order chi connectivity index (χ0) is 7.98. The summed E-state index contributed by atoms with van der Waals surface area (Å²) in [6.45, 7) is 4.63. The van der Waals surface area contributed by atoms with Crippen molar-refractivity contribution in [1.29, 1.82) is 0 Å². The number of halogens is 2. The third-order valence-corrected chi connectivity index (χ3v) is 3.59. The van der Waals surface area contributed by atoms with Crippen molar-refractivity contribution >= 4 is 31.9 Å². The number of hydrogen-bond acceptors (Lipinski definition) is 0. The molecule has 2 heteroatoms. The van der Waals surface area contributed by atoms with Crippen molar-refractivity contribution in [2.45, 2.75) is 26.7 Å². The molecule has 0 aliphatic rings. The second-order valence-electron chi connectivity index (χ2n) is 2.94. The van der Waals surface area contributed by atoms with Gasteiger partial charge in [-0.15, -0.1) is 0 Å². The van der Waals surface area contributed by atoms with Crippen LogP contribution in [-0.2, 0) is 0 Å². The highest BCUT2D eigenvalue weighted by molar-refractivity contribution is 9.09. The van der Waals surface area contributed by atoms with Crippen molar-refractivity contribution in [2.75, 3.05) is 10.7 Å². The van der Waals surface area contributed by atoms with Gasteiger partial charge in [-0.2, -0.15) is 0 Å². The fourth-order valence-corrected chi connectivity index (χ4v) is 1.80. The summed E-state index contributed by atoms with van der Waals surface area (Å²) in [6, 6.07) is 0. The summed E-state index contributed by atoms with van der Waals surface area (Å²) < 4.78 is 0. The Labute approximate surface area is 81.0 Å². The van der Waals surface area contributed by atoms with Crippen molar-refractivity contribution in [3.05, 3.63) is 0 Å². The SMILES string of the molecule is CC(CBr)C(C)CCCBr. The first kappa shape index (κ1) is 11.0. The first-order valence-corrected chi connectivity index (χ1v) is 6.08. The molecule has 0 saturated carbocycles. The normalized spacial score (nSPS) is 16.8. The second kappa shape index (κ2) is 6.66. The van der Waals surface area contributed by atoms with Gasteiger partial charge in [0.25, 0.3) is 0 Å². The Hall–Kier alpha value is 0.960. The Morgan fingerprint density at radius 1 is 1.10 bits per heavy atom. The van der Waals surface area contributed by atoms with E-state index in [0.29, 0.717) is 0 Å². The summed E-state index contributed by atoms with van der Waals surface area (Å²) in [6.07, 6.45) is 2.65. The van der Waals surface area contributed by atoms with Crippen LogP contribution in [0.15, 0.2) is 0 Å². The van der Waals surface area contributed by atoms with Crippen LogP contribution in [0.3, 0.4) is 0 Å². The topological polar surface area (TPSA) is 0 Å². The van der Waals surface area contributed by atoms with Crippen LogP contribution >= 0.6 is 31.9 Å². The minimum atomic E-state index is 0.819. The predicted molar refractivity (Wildman–Crippen MR) is 55.2 cm³/mol. The number of rotatable bonds is 5. The molecule has 0 rings (SSSR count). The molecular formula is C8H16Br2. The third kappa shape index (κ3) is 4.73. The van der Waals surface area contributed by atoms with Gasteiger partial charge in [0.1, 0.15) is 0 Å². The molecular weight excluding hydrogens is 256 g/mol. The maximum Gasteiger partial charge on any atom is 0.00595 e. The Morgan fingerprint density at radius 3 is 2.10 bits per heavy atom. The lowest BCUT2D eigenvalue weighted by atomic mass is 9.94. The Morgan fingerprint density at radius 2 is 1.70 bits per heavy atom. The van der Waals surface area contributed by atoms with E-state index < -0.39 is 0 Å². The monoisotopic (exact) mass is 270 g/mol. The summed E-state index contributed by atoms with van der Waals surface area (Å²) in [5.74, 6) is 1.68. The zero-order valence-electron chi connectivity index (χ0n) is 6.74. The van der Waals surface area contributed by atoms with Crippen molar-refractivity contribution in [3.63, 3.8) is 0 Å². The van der Waals surface area contributed by atoms with Gasteiger partial charge in [0.2, 0.25) is 0 Å². The van der Waals surface area contributed by atoms with Crippen LogP contribution in [0.2, 0.25) is 0 Å². The lowest BCUT2D eigenvalue weighted by molar-refractivity contribution is 0.398. The van der Waals surface area contributed by atoms with Gasteiger partial charge in [0.15, 0.2) is 0 Å². The molecule has 0 bridgehead atoms. The van der Waals surface area contributed by atoms with E-state index in [2.05, 4.69) is 45.7 Å². The van der Waals surface area contributed by atoms with Crippen LogP contribution in [0.4, 0.5) is 0 Å². The first-order chi connectivity index (χ1) is 4.72. The molecule has 2 unspecified atom stereocenters. The average Bonchev–Trinajstić information content (AvgIpc) is 1.98. The fourth-order valence-electron chi connectivity index (χ4n) is 0.836. The van der Waals surface area contributed by atoms with E-state index in [4.69, 9.17) is 0 Å². The molecule has 2 atom stereocenters. The van der Waals surface area contributed by atoms with Crippen molar-refractivity contribution in [1.82, 2.24) is 0 Å². The van der Waals surface area contributed by atoms with Crippen LogP contribution < -0.4 is 0 Å². The molecule has 0 aliphatic heterocycles. The van der Waals surface area contributed by atoms with E-state index in [9.17, 15) is 0 Å².